The summed E-state index contributed by atoms with van der Waals surface area (Å²) in [6.45, 7) is 9.23. The summed E-state index contributed by atoms with van der Waals surface area (Å²) in [6.07, 6.45) is 0. The molecule has 1 rings (SSSR count). The lowest BCUT2D eigenvalue weighted by Crippen LogP contribution is -2.36. The summed E-state index contributed by atoms with van der Waals surface area (Å²) in [7, 11) is 1.55. The third-order valence-corrected chi connectivity index (χ3v) is 2.28. The van der Waals surface area contributed by atoms with Gasteiger partial charge in [0.05, 0.1) is 7.11 Å². The van der Waals surface area contributed by atoms with Gasteiger partial charge < -0.3 is 9.94 Å². The quantitative estimate of drug-likeness (QED) is 0.532. The lowest BCUT2D eigenvalue weighted by molar-refractivity contribution is -0.615. The molecule has 0 aliphatic carbocycles. The normalized spacial score (nSPS) is 10.0. The molecule has 0 N–H and O–H groups in total. The molecule has 1 aromatic rings. The Morgan fingerprint density at radius 3 is 2.50 bits per heavy atom. The molecule has 14 heavy (non-hydrogen) atoms. The smallest absolute Gasteiger partial charge is 0.261 e. The SMILES string of the molecule is C=C(C)c1c(OC)cc(C)c(C)[n+]1[O-]. The Bertz CT molecular complexity index is 383. The molecule has 0 radical (unpaired) electrons. The van der Waals surface area contributed by atoms with Crippen LogP contribution in [0.2, 0.25) is 0 Å². The zero-order valence-electron chi connectivity index (χ0n) is 9.05. The summed E-state index contributed by atoms with van der Waals surface area (Å²) in [5.41, 5.74) is 2.82. The second-order valence-corrected chi connectivity index (χ2v) is 3.40. The number of aromatic nitrogens is 1. The van der Waals surface area contributed by atoms with Crippen LogP contribution in [-0.4, -0.2) is 7.11 Å². The van der Waals surface area contributed by atoms with Gasteiger partial charge in [-0.25, -0.2) is 0 Å². The van der Waals surface area contributed by atoms with E-state index in [-0.39, 0.29) is 0 Å². The molecule has 3 nitrogen and oxygen atoms in total. The minimum atomic E-state index is 0.510. The van der Waals surface area contributed by atoms with Crippen molar-refractivity contribution >= 4 is 5.57 Å². The van der Waals surface area contributed by atoms with Crippen LogP contribution in [0, 0.1) is 19.1 Å². The van der Waals surface area contributed by atoms with E-state index in [0.29, 0.717) is 22.7 Å². The van der Waals surface area contributed by atoms with E-state index in [1.165, 1.54) is 0 Å². The molecule has 0 amide bonds. The number of nitrogens with zero attached hydrogens (tertiary/aromatic N) is 1. The topological polar surface area (TPSA) is 36.2 Å². The van der Waals surface area contributed by atoms with Crippen molar-refractivity contribution in [2.24, 2.45) is 0 Å². The fraction of sp³-hybridized carbons (Fsp3) is 0.364. The maximum Gasteiger partial charge on any atom is 0.261 e. The minimum absolute atomic E-state index is 0.510. The maximum absolute atomic E-state index is 11.8. The molecule has 0 saturated heterocycles. The molecule has 0 aliphatic rings. The lowest BCUT2D eigenvalue weighted by atomic mass is 10.1. The fourth-order valence-corrected chi connectivity index (χ4v) is 1.34. The van der Waals surface area contributed by atoms with Crippen LogP contribution in [0.5, 0.6) is 5.75 Å². The largest absolute Gasteiger partial charge is 0.618 e. The third kappa shape index (κ3) is 1.58. The molecule has 0 saturated carbocycles. The zero-order chi connectivity index (χ0) is 10.9. The van der Waals surface area contributed by atoms with Crippen molar-refractivity contribution in [1.29, 1.82) is 0 Å². The molecular weight excluding hydrogens is 178 g/mol. The Balaban J connectivity index is 3.53. The highest BCUT2D eigenvalue weighted by Gasteiger charge is 2.18. The number of rotatable bonds is 2. The molecule has 1 aromatic heterocycles. The second-order valence-electron chi connectivity index (χ2n) is 3.40. The summed E-state index contributed by atoms with van der Waals surface area (Å²) in [4.78, 5) is 0. The fourth-order valence-electron chi connectivity index (χ4n) is 1.34. The van der Waals surface area contributed by atoms with Gasteiger partial charge in [-0.2, -0.15) is 4.73 Å². The highest BCUT2D eigenvalue weighted by Crippen LogP contribution is 2.23. The Labute approximate surface area is 84.2 Å². The van der Waals surface area contributed by atoms with E-state index in [1.54, 1.807) is 21.0 Å². The first-order valence-electron chi connectivity index (χ1n) is 4.42. The van der Waals surface area contributed by atoms with Gasteiger partial charge in [-0.3, -0.25) is 0 Å². The van der Waals surface area contributed by atoms with Gasteiger partial charge in [0.2, 0.25) is 0 Å². The summed E-state index contributed by atoms with van der Waals surface area (Å²) in [5, 5.41) is 11.8. The van der Waals surface area contributed by atoms with Gasteiger partial charge in [-0.15, -0.1) is 0 Å². The van der Waals surface area contributed by atoms with Gasteiger partial charge in [-0.05, 0) is 19.9 Å². The van der Waals surface area contributed by atoms with Crippen LogP contribution in [0.4, 0.5) is 0 Å². The van der Waals surface area contributed by atoms with Crippen molar-refractivity contribution in [3.63, 3.8) is 0 Å². The van der Waals surface area contributed by atoms with Crippen LogP contribution in [0.25, 0.3) is 5.57 Å². The van der Waals surface area contributed by atoms with Gasteiger partial charge in [-0.1, -0.05) is 6.58 Å². The average Bonchev–Trinajstić information content (AvgIpc) is 2.12. The first-order valence-corrected chi connectivity index (χ1v) is 4.42. The van der Waals surface area contributed by atoms with Crippen LogP contribution in [0.15, 0.2) is 12.6 Å². The van der Waals surface area contributed by atoms with Crippen LogP contribution in [0.1, 0.15) is 23.9 Å². The first kappa shape index (κ1) is 10.6. The highest BCUT2D eigenvalue weighted by atomic mass is 16.5. The maximum atomic E-state index is 11.8. The first-order chi connectivity index (χ1) is 6.49. The molecule has 0 bridgehead atoms. The molecule has 0 atom stereocenters. The van der Waals surface area contributed by atoms with Gasteiger partial charge >= 0.3 is 0 Å². The number of hydrogen-bond acceptors (Lipinski definition) is 2. The van der Waals surface area contributed by atoms with Crippen molar-refractivity contribution in [3.05, 3.63) is 34.8 Å². The Hall–Kier alpha value is -1.51. The lowest BCUT2D eigenvalue weighted by Gasteiger charge is -2.12. The van der Waals surface area contributed by atoms with Gasteiger partial charge in [0.25, 0.3) is 5.69 Å². The van der Waals surface area contributed by atoms with Crippen molar-refractivity contribution in [2.75, 3.05) is 7.11 Å². The van der Waals surface area contributed by atoms with E-state index in [1.807, 2.05) is 13.0 Å². The third-order valence-electron chi connectivity index (χ3n) is 2.28. The average molecular weight is 193 g/mol. The number of hydrogen-bond donors (Lipinski definition) is 0. The van der Waals surface area contributed by atoms with Crippen molar-refractivity contribution in [3.8, 4) is 5.75 Å². The van der Waals surface area contributed by atoms with E-state index in [2.05, 4.69) is 6.58 Å². The van der Waals surface area contributed by atoms with Gasteiger partial charge in [0.1, 0.15) is 0 Å². The number of methoxy groups -OCH3 is 1. The predicted molar refractivity (Wildman–Crippen MR) is 56.1 cm³/mol. The monoisotopic (exact) mass is 193 g/mol. The van der Waals surface area contributed by atoms with Crippen LogP contribution >= 0.6 is 0 Å². The number of pyridine rings is 1. The Morgan fingerprint density at radius 2 is 2.07 bits per heavy atom. The highest BCUT2D eigenvalue weighted by molar-refractivity contribution is 5.61. The van der Waals surface area contributed by atoms with Crippen LogP contribution in [0.3, 0.4) is 0 Å². The molecule has 0 aliphatic heterocycles. The number of ether oxygens (including phenoxy) is 1. The standard InChI is InChI=1S/C11H15NO2/c1-7(2)11-10(14-5)6-8(3)9(4)12(11)13/h6H,1H2,2-5H3. The molecule has 0 aromatic carbocycles. The van der Waals surface area contributed by atoms with E-state index >= 15 is 0 Å². The minimum Gasteiger partial charge on any atom is -0.618 e. The van der Waals surface area contributed by atoms with E-state index in [9.17, 15) is 5.21 Å². The van der Waals surface area contributed by atoms with Crippen LogP contribution < -0.4 is 9.47 Å². The Morgan fingerprint density at radius 1 is 1.50 bits per heavy atom. The summed E-state index contributed by atoms with van der Waals surface area (Å²) in [6, 6.07) is 1.85. The molecule has 0 spiro atoms. The molecule has 0 unspecified atom stereocenters. The molecule has 1 heterocycles. The number of aryl methyl sites for hydroxylation is 1. The summed E-state index contributed by atoms with van der Waals surface area (Å²) >= 11 is 0. The van der Waals surface area contributed by atoms with E-state index < -0.39 is 0 Å². The van der Waals surface area contributed by atoms with Crippen molar-refractivity contribution in [2.45, 2.75) is 20.8 Å². The zero-order valence-corrected chi connectivity index (χ0v) is 9.05. The molecule has 76 valence electrons. The van der Waals surface area contributed by atoms with Crippen LogP contribution in [-0.2, 0) is 0 Å². The van der Waals surface area contributed by atoms with Crippen molar-refractivity contribution in [1.82, 2.24) is 0 Å². The van der Waals surface area contributed by atoms with Crippen molar-refractivity contribution < 1.29 is 9.47 Å². The van der Waals surface area contributed by atoms with Gasteiger partial charge in [0.15, 0.2) is 11.4 Å². The van der Waals surface area contributed by atoms with E-state index in [0.717, 1.165) is 10.3 Å². The molecular formula is C11H15NO2. The molecule has 3 heteroatoms. The second kappa shape index (κ2) is 3.70. The number of allylic oxidation sites excluding steroid dienone is 1. The Kier molecular flexibility index (Phi) is 2.79. The predicted octanol–water partition coefficient (Wildman–Crippen LogP) is 1.98. The summed E-state index contributed by atoms with van der Waals surface area (Å²) in [5.74, 6) is 0.579. The summed E-state index contributed by atoms with van der Waals surface area (Å²) < 4.78 is 6.01. The van der Waals surface area contributed by atoms with E-state index in [4.69, 9.17) is 4.74 Å². The molecule has 0 fully saturated rings. The van der Waals surface area contributed by atoms with Gasteiger partial charge in [0, 0.05) is 18.1 Å².